The molecule has 0 rings (SSSR count). The molecule has 0 aliphatic carbocycles. The van der Waals surface area contributed by atoms with E-state index in [0.717, 1.165) is 109 Å². The third kappa shape index (κ3) is 59.0. The number of unbranched alkanes of at least 4 members (excludes halogenated alkanes) is 26. The zero-order valence-corrected chi connectivity index (χ0v) is 48.3. The molecule has 0 aliphatic heterocycles. The van der Waals surface area contributed by atoms with Crippen molar-refractivity contribution in [1.82, 2.24) is 0 Å². The van der Waals surface area contributed by atoms with E-state index in [1.54, 1.807) is 0 Å². The number of ether oxygens (including phenoxy) is 3. The van der Waals surface area contributed by atoms with Crippen molar-refractivity contribution >= 4 is 17.9 Å². The van der Waals surface area contributed by atoms with Crippen molar-refractivity contribution in [3.05, 3.63) is 109 Å². The molecule has 0 saturated heterocycles. The molecular weight excluding hydrogens is 913 g/mol. The van der Waals surface area contributed by atoms with Gasteiger partial charge in [-0.2, -0.15) is 0 Å². The van der Waals surface area contributed by atoms with Gasteiger partial charge in [-0.25, -0.2) is 0 Å². The van der Waals surface area contributed by atoms with Crippen molar-refractivity contribution in [2.45, 2.75) is 290 Å². The summed E-state index contributed by atoms with van der Waals surface area (Å²) in [5.74, 6) is -0.941. The molecule has 0 radical (unpaired) electrons. The van der Waals surface area contributed by atoms with Crippen LogP contribution in [-0.4, -0.2) is 37.2 Å². The van der Waals surface area contributed by atoms with E-state index in [-0.39, 0.29) is 31.1 Å². The van der Waals surface area contributed by atoms with Crippen LogP contribution in [0, 0.1) is 0 Å². The predicted molar refractivity (Wildman–Crippen MR) is 320 cm³/mol. The zero-order valence-electron chi connectivity index (χ0n) is 48.3. The Morgan fingerprint density at radius 3 is 0.865 bits per heavy atom. The van der Waals surface area contributed by atoms with Crippen molar-refractivity contribution in [3.8, 4) is 0 Å². The van der Waals surface area contributed by atoms with Crippen LogP contribution < -0.4 is 0 Å². The third-order valence-corrected chi connectivity index (χ3v) is 13.0. The number of esters is 3. The summed E-state index contributed by atoms with van der Waals surface area (Å²) in [5, 5.41) is 0. The van der Waals surface area contributed by atoms with Crippen molar-refractivity contribution in [2.75, 3.05) is 13.2 Å². The van der Waals surface area contributed by atoms with E-state index in [4.69, 9.17) is 14.2 Å². The van der Waals surface area contributed by atoms with E-state index in [2.05, 4.69) is 130 Å². The van der Waals surface area contributed by atoms with Crippen molar-refractivity contribution in [3.63, 3.8) is 0 Å². The maximum Gasteiger partial charge on any atom is 0.306 e. The molecule has 1 unspecified atom stereocenters. The Bertz CT molecular complexity index is 1510. The van der Waals surface area contributed by atoms with Gasteiger partial charge in [0.2, 0.25) is 0 Å². The first-order chi connectivity index (χ1) is 36.5. The molecule has 0 spiro atoms. The minimum Gasteiger partial charge on any atom is -0.462 e. The highest BCUT2D eigenvalue weighted by molar-refractivity contribution is 5.71. The van der Waals surface area contributed by atoms with Crippen LogP contribution in [0.1, 0.15) is 284 Å². The molecule has 422 valence electrons. The monoisotopic (exact) mass is 1030 g/mol. The largest absolute Gasteiger partial charge is 0.462 e. The van der Waals surface area contributed by atoms with Crippen LogP contribution in [0.3, 0.4) is 0 Å². The fourth-order valence-electron chi connectivity index (χ4n) is 8.39. The SMILES string of the molecule is CC/C=C\C/C=C\C/C=C\C/C=C\C/C=C\C/C=C\C/C=C\C/C=C\CCCCC(=O)OCC(COC(=O)CCCCCCCCCC)OC(=O)CCCCCCCCCCC/C=C\CCCCCCCCCC. The Balaban J connectivity index is 4.31. The van der Waals surface area contributed by atoms with Gasteiger partial charge in [-0.15, -0.1) is 0 Å². The highest BCUT2D eigenvalue weighted by atomic mass is 16.6. The van der Waals surface area contributed by atoms with Gasteiger partial charge < -0.3 is 14.2 Å². The summed E-state index contributed by atoms with van der Waals surface area (Å²) in [6.07, 6.45) is 83.9. The summed E-state index contributed by atoms with van der Waals surface area (Å²) in [7, 11) is 0. The van der Waals surface area contributed by atoms with Crippen LogP contribution in [-0.2, 0) is 28.6 Å². The molecule has 0 N–H and O–H groups in total. The lowest BCUT2D eigenvalue weighted by Crippen LogP contribution is -2.30. The minimum atomic E-state index is -0.797. The molecule has 74 heavy (non-hydrogen) atoms. The van der Waals surface area contributed by atoms with Gasteiger partial charge in [-0.05, 0) is 109 Å². The molecule has 0 amide bonds. The van der Waals surface area contributed by atoms with Gasteiger partial charge in [0, 0.05) is 19.3 Å². The third-order valence-electron chi connectivity index (χ3n) is 13.0. The molecule has 0 bridgehead atoms. The fourth-order valence-corrected chi connectivity index (χ4v) is 8.39. The Labute approximate surface area is 457 Å². The van der Waals surface area contributed by atoms with Crippen LogP contribution >= 0.6 is 0 Å². The van der Waals surface area contributed by atoms with E-state index >= 15 is 0 Å². The number of carbonyl (C=O) groups excluding carboxylic acids is 3. The summed E-state index contributed by atoms with van der Waals surface area (Å²) in [6, 6.07) is 0. The number of allylic oxidation sites excluding steroid dienone is 18. The maximum atomic E-state index is 12.9. The second-order valence-electron chi connectivity index (χ2n) is 20.2. The molecule has 0 aromatic heterocycles. The molecule has 0 aromatic rings. The standard InChI is InChI=1S/C68H114O6/c1-4-7-10-13-16-19-21-23-25-27-29-31-32-33-34-35-36-38-39-41-43-45-47-49-52-55-58-61-67(70)73-64-65(63-72-66(69)60-57-54-51-18-15-12-9-6-3)74-68(71)62-59-56-53-50-48-46-44-42-40-37-30-28-26-24-22-20-17-14-11-8-5-2/h7,10,16,19,23,25,28-31,33-34,36,38,41,43,47,49,65H,4-6,8-9,11-15,17-18,20-22,24,26-27,32,35,37,39-40,42,44-46,48,50-64H2,1-3H3/b10-7-,19-16-,25-23-,30-28-,31-29-,34-33-,38-36-,43-41-,49-47-. The first-order valence-electron chi connectivity index (χ1n) is 30.9. The van der Waals surface area contributed by atoms with E-state index < -0.39 is 6.10 Å². The Kier molecular flexibility index (Phi) is 58.3. The summed E-state index contributed by atoms with van der Waals surface area (Å²) in [5.41, 5.74) is 0. The number of hydrogen-bond acceptors (Lipinski definition) is 6. The predicted octanol–water partition coefficient (Wildman–Crippen LogP) is 21.0. The van der Waals surface area contributed by atoms with Gasteiger partial charge in [0.05, 0.1) is 0 Å². The van der Waals surface area contributed by atoms with Crippen LogP contribution in [0.15, 0.2) is 109 Å². The number of hydrogen-bond donors (Lipinski definition) is 0. The van der Waals surface area contributed by atoms with Crippen molar-refractivity contribution < 1.29 is 28.6 Å². The molecule has 6 nitrogen and oxygen atoms in total. The lowest BCUT2D eigenvalue weighted by atomic mass is 10.1. The molecule has 0 aromatic carbocycles. The second-order valence-corrected chi connectivity index (χ2v) is 20.2. The second kappa shape index (κ2) is 61.6. The molecule has 0 fully saturated rings. The first kappa shape index (κ1) is 70.1. The average Bonchev–Trinajstić information content (AvgIpc) is 3.40. The van der Waals surface area contributed by atoms with E-state index in [1.165, 1.54) is 135 Å². The average molecular weight is 1030 g/mol. The van der Waals surface area contributed by atoms with Crippen LogP contribution in [0.4, 0.5) is 0 Å². The van der Waals surface area contributed by atoms with Gasteiger partial charge in [0.25, 0.3) is 0 Å². The summed E-state index contributed by atoms with van der Waals surface area (Å²) in [4.78, 5) is 38.1. The Morgan fingerprint density at radius 1 is 0.284 bits per heavy atom. The van der Waals surface area contributed by atoms with Crippen LogP contribution in [0.5, 0.6) is 0 Å². The molecule has 0 saturated carbocycles. The molecule has 1 atom stereocenters. The van der Waals surface area contributed by atoms with Crippen molar-refractivity contribution in [2.24, 2.45) is 0 Å². The van der Waals surface area contributed by atoms with E-state index in [9.17, 15) is 14.4 Å². The van der Waals surface area contributed by atoms with E-state index in [0.29, 0.717) is 19.3 Å². The lowest BCUT2D eigenvalue weighted by molar-refractivity contribution is -0.167. The normalized spacial score (nSPS) is 12.9. The maximum absolute atomic E-state index is 12.9. The lowest BCUT2D eigenvalue weighted by Gasteiger charge is -2.18. The summed E-state index contributed by atoms with van der Waals surface area (Å²) >= 11 is 0. The van der Waals surface area contributed by atoms with Crippen molar-refractivity contribution in [1.29, 1.82) is 0 Å². The first-order valence-corrected chi connectivity index (χ1v) is 30.9. The molecule has 6 heteroatoms. The summed E-state index contributed by atoms with van der Waals surface area (Å²) in [6.45, 7) is 6.47. The van der Waals surface area contributed by atoms with Crippen LogP contribution in [0.2, 0.25) is 0 Å². The van der Waals surface area contributed by atoms with Crippen LogP contribution in [0.25, 0.3) is 0 Å². The quantitative estimate of drug-likeness (QED) is 0.0261. The fraction of sp³-hybridized carbons (Fsp3) is 0.691. The summed E-state index contributed by atoms with van der Waals surface area (Å²) < 4.78 is 16.8. The molecular formula is C68H114O6. The van der Waals surface area contributed by atoms with Gasteiger partial charge in [-0.1, -0.05) is 265 Å². The number of carbonyl (C=O) groups is 3. The van der Waals surface area contributed by atoms with Gasteiger partial charge in [0.1, 0.15) is 13.2 Å². The smallest absolute Gasteiger partial charge is 0.306 e. The molecule has 0 heterocycles. The zero-order chi connectivity index (χ0) is 53.6. The van der Waals surface area contributed by atoms with E-state index in [1.807, 2.05) is 0 Å². The topological polar surface area (TPSA) is 78.9 Å². The highest BCUT2D eigenvalue weighted by Crippen LogP contribution is 2.15. The Morgan fingerprint density at radius 2 is 0.527 bits per heavy atom. The Hall–Kier alpha value is -3.93. The minimum absolute atomic E-state index is 0.0922. The van der Waals surface area contributed by atoms with Gasteiger partial charge >= 0.3 is 17.9 Å². The van der Waals surface area contributed by atoms with Gasteiger partial charge in [0.15, 0.2) is 6.10 Å². The van der Waals surface area contributed by atoms with Gasteiger partial charge in [-0.3, -0.25) is 14.4 Å². The highest BCUT2D eigenvalue weighted by Gasteiger charge is 2.19. The number of rotatable bonds is 55. The molecule has 0 aliphatic rings.